The zero-order valence-electron chi connectivity index (χ0n) is 20.8. The molecule has 194 valence electrons. The van der Waals surface area contributed by atoms with Gasteiger partial charge in [-0.3, -0.25) is 0 Å². The zero-order valence-corrected chi connectivity index (χ0v) is 22.4. The number of oxime groups is 1. The number of aromatic nitrogens is 3. The van der Waals surface area contributed by atoms with Crippen molar-refractivity contribution < 1.29 is 17.6 Å². The van der Waals surface area contributed by atoms with Gasteiger partial charge in [0, 0.05) is 35.8 Å². The molecule has 1 spiro atoms. The Morgan fingerprint density at radius 3 is 2.68 bits per heavy atom. The van der Waals surface area contributed by atoms with Gasteiger partial charge in [0.1, 0.15) is 5.82 Å². The van der Waals surface area contributed by atoms with Crippen LogP contribution in [-0.4, -0.2) is 37.2 Å². The predicted molar refractivity (Wildman–Crippen MR) is 144 cm³/mol. The van der Waals surface area contributed by atoms with Gasteiger partial charge in [-0.15, -0.1) is 0 Å². The highest BCUT2D eigenvalue weighted by Gasteiger charge is 2.67. The Hall–Kier alpha value is -3.57. The number of sulfonamides is 1. The second-order valence-corrected chi connectivity index (χ2v) is 13.1. The van der Waals surface area contributed by atoms with Gasteiger partial charge in [0.25, 0.3) is 0 Å². The normalized spacial score (nSPS) is 24.0. The molecule has 0 amide bonds. The lowest BCUT2D eigenvalue weighted by atomic mass is 9.99. The second-order valence-electron chi connectivity index (χ2n) is 10.2. The van der Waals surface area contributed by atoms with E-state index in [1.807, 2.05) is 41.5 Å². The average Bonchev–Trinajstić information content (AvgIpc) is 3.26. The van der Waals surface area contributed by atoms with Crippen LogP contribution >= 0.6 is 11.5 Å². The van der Waals surface area contributed by atoms with Crippen LogP contribution in [0.2, 0.25) is 0 Å². The topological polar surface area (TPSA) is 89.7 Å². The minimum atomic E-state index is -3.77. The number of benzene rings is 2. The van der Waals surface area contributed by atoms with E-state index in [0.29, 0.717) is 24.8 Å². The van der Waals surface area contributed by atoms with Gasteiger partial charge in [-0.05, 0) is 67.1 Å². The Balaban J connectivity index is 1.34. The van der Waals surface area contributed by atoms with E-state index in [9.17, 15) is 12.8 Å². The molecule has 2 aromatic heterocycles. The molecule has 38 heavy (non-hydrogen) atoms. The maximum atomic E-state index is 13.9. The molecule has 1 saturated carbocycles. The SMILES string of the molecule is CCc1cn(-c2ccc(/C=C3\CC4(CC4)S(=O)(=O)N4C3=NOC4(C)c3ccc(F)cc3)c3cnsc23)cn1. The summed E-state index contributed by atoms with van der Waals surface area (Å²) in [7, 11) is -3.77. The van der Waals surface area contributed by atoms with Crippen LogP contribution in [0.3, 0.4) is 0 Å². The first-order valence-corrected chi connectivity index (χ1v) is 14.7. The van der Waals surface area contributed by atoms with Crippen molar-refractivity contribution in [2.24, 2.45) is 5.16 Å². The summed E-state index contributed by atoms with van der Waals surface area (Å²) in [5.41, 5.74) is 2.83. The average molecular weight is 550 g/mol. The largest absolute Gasteiger partial charge is 0.359 e. The number of rotatable bonds is 4. The van der Waals surface area contributed by atoms with Crippen molar-refractivity contribution in [3.05, 3.63) is 83.3 Å². The van der Waals surface area contributed by atoms with E-state index in [-0.39, 0.29) is 5.84 Å². The van der Waals surface area contributed by atoms with Gasteiger partial charge in [-0.2, -0.15) is 4.37 Å². The quantitative estimate of drug-likeness (QED) is 0.342. The van der Waals surface area contributed by atoms with Crippen LogP contribution in [0.4, 0.5) is 4.39 Å². The molecule has 1 aliphatic carbocycles. The lowest BCUT2D eigenvalue weighted by Gasteiger charge is -2.40. The molecular weight excluding hydrogens is 525 g/mol. The minimum absolute atomic E-state index is 0.275. The molecule has 11 heteroatoms. The van der Waals surface area contributed by atoms with Crippen molar-refractivity contribution in [2.75, 3.05) is 0 Å². The summed E-state index contributed by atoms with van der Waals surface area (Å²) in [5.74, 6) is -0.132. The molecule has 4 aromatic rings. The summed E-state index contributed by atoms with van der Waals surface area (Å²) >= 11 is 1.41. The summed E-state index contributed by atoms with van der Waals surface area (Å²) < 4.78 is 49.3. The van der Waals surface area contributed by atoms with Crippen LogP contribution in [0.5, 0.6) is 0 Å². The third-order valence-corrected chi connectivity index (χ3v) is 11.3. The maximum Gasteiger partial charge on any atom is 0.247 e. The Kier molecular flexibility index (Phi) is 4.94. The predicted octanol–water partition coefficient (Wildman–Crippen LogP) is 5.35. The number of amidine groups is 1. The molecule has 1 unspecified atom stereocenters. The highest BCUT2D eigenvalue weighted by molar-refractivity contribution is 7.91. The van der Waals surface area contributed by atoms with Crippen LogP contribution in [-0.2, 0) is 27.0 Å². The lowest BCUT2D eigenvalue weighted by molar-refractivity contribution is -0.0612. The smallest absolute Gasteiger partial charge is 0.247 e. The van der Waals surface area contributed by atoms with Crippen molar-refractivity contribution in [3.8, 4) is 5.69 Å². The Bertz CT molecular complexity index is 1770. The van der Waals surface area contributed by atoms with Crippen molar-refractivity contribution in [1.82, 2.24) is 18.2 Å². The molecule has 3 aliphatic rings. The molecule has 0 radical (unpaired) electrons. The maximum absolute atomic E-state index is 13.9. The molecule has 4 heterocycles. The first-order chi connectivity index (χ1) is 18.3. The molecule has 7 rings (SSSR count). The number of hydrogen-bond acceptors (Lipinski definition) is 7. The summed E-state index contributed by atoms with van der Waals surface area (Å²) in [4.78, 5) is 10.3. The van der Waals surface area contributed by atoms with Crippen LogP contribution in [0.25, 0.3) is 21.8 Å². The number of imidazole rings is 1. The van der Waals surface area contributed by atoms with Crippen molar-refractivity contribution in [1.29, 1.82) is 0 Å². The second kappa shape index (κ2) is 7.97. The van der Waals surface area contributed by atoms with Gasteiger partial charge in [0.15, 0.2) is 5.84 Å². The summed E-state index contributed by atoms with van der Waals surface area (Å²) in [6.07, 6.45) is 10.0. The molecule has 8 nitrogen and oxygen atoms in total. The highest BCUT2D eigenvalue weighted by atomic mass is 32.2. The Morgan fingerprint density at radius 2 is 1.97 bits per heavy atom. The van der Waals surface area contributed by atoms with Crippen molar-refractivity contribution in [3.63, 3.8) is 0 Å². The third-order valence-electron chi connectivity index (χ3n) is 7.81. The van der Waals surface area contributed by atoms with E-state index in [1.165, 1.54) is 28.0 Å². The molecule has 1 atom stereocenters. The Morgan fingerprint density at radius 1 is 1.18 bits per heavy atom. The van der Waals surface area contributed by atoms with Gasteiger partial charge in [-0.25, -0.2) is 22.1 Å². The summed E-state index contributed by atoms with van der Waals surface area (Å²) in [5, 5.41) is 5.27. The monoisotopic (exact) mass is 549 g/mol. The number of aryl methyl sites for hydroxylation is 1. The molecule has 2 aromatic carbocycles. The molecule has 0 bridgehead atoms. The van der Waals surface area contributed by atoms with Gasteiger partial charge in [-0.1, -0.05) is 30.3 Å². The van der Waals surface area contributed by atoms with Crippen molar-refractivity contribution >= 4 is 43.6 Å². The van der Waals surface area contributed by atoms with Gasteiger partial charge < -0.3 is 9.40 Å². The fourth-order valence-electron chi connectivity index (χ4n) is 5.43. The van der Waals surface area contributed by atoms with E-state index in [2.05, 4.69) is 21.4 Å². The van der Waals surface area contributed by atoms with E-state index >= 15 is 0 Å². The van der Waals surface area contributed by atoms with Crippen molar-refractivity contribution in [2.45, 2.75) is 50.0 Å². The number of fused-ring (bicyclic) bond motifs is 2. The standard InChI is InChI=1S/C27H24FN5O3S2/c1-3-21-15-32(16-29-21)23-9-4-17(22-14-30-37-24(22)23)12-18-13-27(10-11-27)38(34,35)33-25(18)31-36-26(33,2)19-5-7-20(28)8-6-19/h4-9,12,14-16H,3,10-11,13H2,1-2H3/b18-12+. The molecule has 0 N–H and O–H groups in total. The zero-order chi connectivity index (χ0) is 26.3. The number of halogens is 1. The van der Waals surface area contributed by atoms with Crippen LogP contribution < -0.4 is 0 Å². The minimum Gasteiger partial charge on any atom is -0.359 e. The number of nitrogens with zero attached hydrogens (tertiary/aromatic N) is 5. The molecule has 1 saturated heterocycles. The fraction of sp³-hybridized carbons (Fsp3) is 0.296. The van der Waals surface area contributed by atoms with Gasteiger partial charge in [0.2, 0.25) is 15.7 Å². The number of hydrogen-bond donors (Lipinski definition) is 0. The van der Waals surface area contributed by atoms with Crippen LogP contribution in [0.1, 0.15) is 49.9 Å². The van der Waals surface area contributed by atoms with E-state index in [4.69, 9.17) is 4.84 Å². The molecular formula is C27H24FN5O3S2. The Labute approximate surface area is 223 Å². The van der Waals surface area contributed by atoms with Crippen LogP contribution in [0, 0.1) is 5.82 Å². The van der Waals surface area contributed by atoms with Crippen LogP contribution in [0.15, 0.2) is 65.8 Å². The highest BCUT2D eigenvalue weighted by Crippen LogP contribution is 2.57. The van der Waals surface area contributed by atoms with E-state index in [0.717, 1.165) is 39.0 Å². The summed E-state index contributed by atoms with van der Waals surface area (Å²) in [6, 6.07) is 9.74. The molecule has 2 fully saturated rings. The summed E-state index contributed by atoms with van der Waals surface area (Å²) in [6.45, 7) is 3.74. The van der Waals surface area contributed by atoms with E-state index < -0.39 is 26.3 Å². The van der Waals surface area contributed by atoms with E-state index in [1.54, 1.807) is 19.1 Å². The lowest BCUT2D eigenvalue weighted by Crippen LogP contribution is -2.55. The van der Waals surface area contributed by atoms with Gasteiger partial charge in [0.05, 0.1) is 27.2 Å². The third kappa shape index (κ3) is 3.24. The first kappa shape index (κ1) is 23.5. The molecule has 2 aliphatic heterocycles. The van der Waals surface area contributed by atoms with Gasteiger partial charge >= 0.3 is 0 Å². The first-order valence-electron chi connectivity index (χ1n) is 12.4. The fourth-order valence-corrected chi connectivity index (χ4v) is 8.55.